The average Bonchev–Trinajstić information content (AvgIpc) is 2.89. The van der Waals surface area contributed by atoms with E-state index in [0.717, 1.165) is 24.2 Å². The summed E-state index contributed by atoms with van der Waals surface area (Å²) in [6.07, 6.45) is 2.09. The number of aliphatic hydroxyl groups excluding tert-OH is 1. The molecule has 1 heterocycles. The zero-order valence-electron chi connectivity index (χ0n) is 11.5. The molecule has 1 unspecified atom stereocenters. The van der Waals surface area contributed by atoms with Crippen LogP contribution in [0.15, 0.2) is 36.5 Å². The van der Waals surface area contributed by atoms with Crippen molar-refractivity contribution in [3.63, 3.8) is 0 Å². The van der Waals surface area contributed by atoms with E-state index >= 15 is 0 Å². The number of nitriles is 1. The SMILES string of the molecule is Cn1nccc1CCNCC(O)c1ccc(C#N)cc1. The third-order valence-corrected chi connectivity index (χ3v) is 3.24. The van der Waals surface area contributed by atoms with Crippen LogP contribution in [0.5, 0.6) is 0 Å². The zero-order valence-corrected chi connectivity index (χ0v) is 11.5. The van der Waals surface area contributed by atoms with Crippen molar-refractivity contribution in [2.45, 2.75) is 12.5 Å². The van der Waals surface area contributed by atoms with Crippen molar-refractivity contribution >= 4 is 0 Å². The van der Waals surface area contributed by atoms with Gasteiger partial charge in [-0.15, -0.1) is 0 Å². The quantitative estimate of drug-likeness (QED) is 0.772. The molecule has 0 aliphatic carbocycles. The molecule has 1 atom stereocenters. The van der Waals surface area contributed by atoms with Crippen molar-refractivity contribution in [3.05, 3.63) is 53.3 Å². The number of hydrogen-bond donors (Lipinski definition) is 2. The number of aliphatic hydroxyl groups is 1. The molecule has 0 aliphatic heterocycles. The number of aromatic nitrogens is 2. The van der Waals surface area contributed by atoms with Crippen LogP contribution in [0.3, 0.4) is 0 Å². The van der Waals surface area contributed by atoms with Gasteiger partial charge in [-0.1, -0.05) is 12.1 Å². The molecule has 2 N–H and O–H groups in total. The first-order chi connectivity index (χ1) is 9.70. The van der Waals surface area contributed by atoms with Crippen molar-refractivity contribution in [2.24, 2.45) is 7.05 Å². The molecule has 0 spiro atoms. The summed E-state index contributed by atoms with van der Waals surface area (Å²) in [7, 11) is 1.92. The van der Waals surface area contributed by atoms with E-state index in [1.165, 1.54) is 0 Å². The smallest absolute Gasteiger partial charge is 0.0991 e. The number of hydrogen-bond acceptors (Lipinski definition) is 4. The van der Waals surface area contributed by atoms with E-state index in [4.69, 9.17) is 5.26 Å². The molecular weight excluding hydrogens is 252 g/mol. The van der Waals surface area contributed by atoms with E-state index in [1.807, 2.05) is 17.8 Å². The average molecular weight is 270 g/mol. The van der Waals surface area contributed by atoms with Gasteiger partial charge in [0.2, 0.25) is 0 Å². The standard InChI is InChI=1S/C15H18N4O/c1-19-14(7-9-18-19)6-8-17-11-15(20)13-4-2-12(10-16)3-5-13/h2-5,7,9,15,17,20H,6,8,11H2,1H3. The molecule has 2 rings (SSSR count). The summed E-state index contributed by atoms with van der Waals surface area (Å²) in [6, 6.07) is 11.0. The van der Waals surface area contributed by atoms with Crippen LogP contribution >= 0.6 is 0 Å². The molecule has 5 nitrogen and oxygen atoms in total. The predicted molar refractivity (Wildman–Crippen MR) is 75.9 cm³/mol. The molecule has 0 fully saturated rings. The second-order valence-electron chi connectivity index (χ2n) is 4.65. The Balaban J connectivity index is 1.76. The summed E-state index contributed by atoms with van der Waals surface area (Å²) >= 11 is 0. The van der Waals surface area contributed by atoms with Crippen LogP contribution in [0.2, 0.25) is 0 Å². The Kier molecular flexibility index (Phi) is 4.88. The van der Waals surface area contributed by atoms with Crippen LogP contribution in [0.4, 0.5) is 0 Å². The first kappa shape index (κ1) is 14.3. The Morgan fingerprint density at radius 2 is 2.10 bits per heavy atom. The van der Waals surface area contributed by atoms with Gasteiger partial charge in [0.25, 0.3) is 0 Å². The van der Waals surface area contributed by atoms with Crippen LogP contribution in [-0.4, -0.2) is 28.0 Å². The second-order valence-corrected chi connectivity index (χ2v) is 4.65. The number of rotatable bonds is 6. The van der Waals surface area contributed by atoms with Crippen molar-refractivity contribution in [2.75, 3.05) is 13.1 Å². The molecule has 0 aliphatic rings. The fourth-order valence-electron chi connectivity index (χ4n) is 2.00. The third-order valence-electron chi connectivity index (χ3n) is 3.24. The Hall–Kier alpha value is -2.16. The molecule has 0 saturated heterocycles. The van der Waals surface area contributed by atoms with Crippen molar-refractivity contribution < 1.29 is 5.11 Å². The van der Waals surface area contributed by atoms with E-state index < -0.39 is 6.10 Å². The number of nitrogens with zero attached hydrogens (tertiary/aromatic N) is 3. The van der Waals surface area contributed by atoms with E-state index in [2.05, 4.69) is 16.5 Å². The van der Waals surface area contributed by atoms with Crippen LogP contribution in [-0.2, 0) is 13.5 Å². The summed E-state index contributed by atoms with van der Waals surface area (Å²) in [5.74, 6) is 0. The molecule has 20 heavy (non-hydrogen) atoms. The highest BCUT2D eigenvalue weighted by molar-refractivity contribution is 5.32. The van der Waals surface area contributed by atoms with Gasteiger partial charge in [-0.25, -0.2) is 0 Å². The third kappa shape index (κ3) is 3.67. The topological polar surface area (TPSA) is 73.9 Å². The zero-order chi connectivity index (χ0) is 14.4. The molecule has 0 radical (unpaired) electrons. The number of aryl methyl sites for hydroxylation is 1. The molecular formula is C15H18N4O. The fraction of sp³-hybridized carbons (Fsp3) is 0.333. The Morgan fingerprint density at radius 1 is 1.35 bits per heavy atom. The number of benzene rings is 1. The van der Waals surface area contributed by atoms with E-state index in [0.29, 0.717) is 12.1 Å². The van der Waals surface area contributed by atoms with Gasteiger partial charge in [-0.05, 0) is 23.8 Å². The van der Waals surface area contributed by atoms with Crippen LogP contribution in [0.1, 0.15) is 22.9 Å². The Labute approximate surface area is 118 Å². The minimum atomic E-state index is -0.561. The highest BCUT2D eigenvalue weighted by Gasteiger charge is 2.07. The summed E-state index contributed by atoms with van der Waals surface area (Å²) < 4.78 is 1.85. The van der Waals surface area contributed by atoms with Crippen LogP contribution in [0, 0.1) is 11.3 Å². The first-order valence-corrected chi connectivity index (χ1v) is 6.56. The van der Waals surface area contributed by atoms with E-state index in [1.54, 1.807) is 30.5 Å². The highest BCUT2D eigenvalue weighted by Crippen LogP contribution is 2.12. The summed E-state index contributed by atoms with van der Waals surface area (Å²) in [6.45, 7) is 1.27. The lowest BCUT2D eigenvalue weighted by atomic mass is 10.1. The Morgan fingerprint density at radius 3 is 2.70 bits per heavy atom. The molecule has 2 aromatic rings. The summed E-state index contributed by atoms with van der Waals surface area (Å²) in [5, 5.41) is 26.1. The summed E-state index contributed by atoms with van der Waals surface area (Å²) in [4.78, 5) is 0. The molecule has 0 saturated carbocycles. The molecule has 0 amide bonds. The van der Waals surface area contributed by atoms with Gasteiger partial charge in [0.15, 0.2) is 0 Å². The van der Waals surface area contributed by atoms with E-state index in [9.17, 15) is 5.11 Å². The van der Waals surface area contributed by atoms with Gasteiger partial charge in [0, 0.05) is 38.4 Å². The van der Waals surface area contributed by atoms with Gasteiger partial charge >= 0.3 is 0 Å². The molecule has 0 bridgehead atoms. The monoisotopic (exact) mass is 270 g/mol. The van der Waals surface area contributed by atoms with Gasteiger partial charge in [0.05, 0.1) is 17.7 Å². The van der Waals surface area contributed by atoms with E-state index in [-0.39, 0.29) is 0 Å². The van der Waals surface area contributed by atoms with Gasteiger partial charge in [0.1, 0.15) is 0 Å². The van der Waals surface area contributed by atoms with Gasteiger partial charge < -0.3 is 10.4 Å². The lowest BCUT2D eigenvalue weighted by Gasteiger charge is -2.12. The van der Waals surface area contributed by atoms with Crippen molar-refractivity contribution in [1.82, 2.24) is 15.1 Å². The van der Waals surface area contributed by atoms with Crippen LogP contribution < -0.4 is 5.32 Å². The maximum atomic E-state index is 10.0. The first-order valence-electron chi connectivity index (χ1n) is 6.56. The summed E-state index contributed by atoms with van der Waals surface area (Å²) in [5.41, 5.74) is 2.58. The highest BCUT2D eigenvalue weighted by atomic mass is 16.3. The van der Waals surface area contributed by atoms with Crippen molar-refractivity contribution in [3.8, 4) is 6.07 Å². The van der Waals surface area contributed by atoms with Gasteiger partial charge in [-0.3, -0.25) is 4.68 Å². The number of nitrogens with one attached hydrogen (secondary N) is 1. The van der Waals surface area contributed by atoms with Crippen LogP contribution in [0.25, 0.3) is 0 Å². The molecule has 1 aromatic heterocycles. The largest absolute Gasteiger partial charge is 0.387 e. The second kappa shape index (κ2) is 6.85. The normalized spacial score (nSPS) is 12.1. The Bertz CT molecular complexity index is 583. The lowest BCUT2D eigenvalue weighted by Crippen LogP contribution is -2.24. The molecule has 5 heteroatoms. The molecule has 104 valence electrons. The predicted octanol–water partition coefficient (Wildman–Crippen LogP) is 1.16. The lowest BCUT2D eigenvalue weighted by molar-refractivity contribution is 0.175. The maximum Gasteiger partial charge on any atom is 0.0991 e. The minimum Gasteiger partial charge on any atom is -0.387 e. The van der Waals surface area contributed by atoms with Gasteiger partial charge in [-0.2, -0.15) is 10.4 Å². The maximum absolute atomic E-state index is 10.0. The minimum absolute atomic E-state index is 0.490. The fourth-order valence-corrected chi connectivity index (χ4v) is 2.00. The molecule has 1 aromatic carbocycles. The van der Waals surface area contributed by atoms with Crippen molar-refractivity contribution in [1.29, 1.82) is 5.26 Å².